The Morgan fingerprint density at radius 2 is 1.52 bits per heavy atom. The van der Waals surface area contributed by atoms with Crippen molar-refractivity contribution < 1.29 is 19.4 Å². The lowest BCUT2D eigenvalue weighted by Crippen LogP contribution is -2.46. The summed E-state index contributed by atoms with van der Waals surface area (Å²) in [6.07, 6.45) is 0.974. The molecule has 2 N–H and O–H groups in total. The predicted octanol–water partition coefficient (Wildman–Crippen LogP) is 5.54. The van der Waals surface area contributed by atoms with Gasteiger partial charge < -0.3 is 14.7 Å². The molecular formula is C37H37N3O4. The molecule has 1 unspecified atom stereocenters. The van der Waals surface area contributed by atoms with E-state index in [4.69, 9.17) is 4.74 Å². The standard InChI is InChI=1S/C37H37N3O4/c41-30-14-15-32-34(22-30)44-24-33(26-4-2-1-3-5-26)36(32)28-10-12-29(13-11-28)40-20-18-39(19-21-40)23-25-6-8-27(9-7-25)31-16-17-35(42)38-37(31)43/h1-15,22,31,33,36,41H,16-21,23-24H2,(H,38,42,43)/t31?,33-,36-/m0/s1. The van der Waals surface area contributed by atoms with Crippen LogP contribution in [0.1, 0.15) is 58.4 Å². The minimum atomic E-state index is -0.240. The number of carbonyl (C=O) groups is 2. The Balaban J connectivity index is 1.00. The Morgan fingerprint density at radius 1 is 0.795 bits per heavy atom. The van der Waals surface area contributed by atoms with Crippen LogP contribution in [0.4, 0.5) is 5.69 Å². The van der Waals surface area contributed by atoms with Crippen molar-refractivity contribution in [2.24, 2.45) is 0 Å². The molecule has 3 aliphatic heterocycles. The van der Waals surface area contributed by atoms with Gasteiger partial charge in [-0.05, 0) is 46.9 Å². The molecule has 7 heteroatoms. The quantitative estimate of drug-likeness (QED) is 0.288. The number of carbonyl (C=O) groups excluding carboxylic acids is 2. The highest BCUT2D eigenvalue weighted by molar-refractivity contribution is 6.00. The van der Waals surface area contributed by atoms with Gasteiger partial charge >= 0.3 is 0 Å². The van der Waals surface area contributed by atoms with Crippen molar-refractivity contribution in [3.8, 4) is 11.5 Å². The first-order valence-electron chi connectivity index (χ1n) is 15.5. The minimum absolute atomic E-state index is 0.133. The molecule has 0 saturated carbocycles. The summed E-state index contributed by atoms with van der Waals surface area (Å²) in [5.74, 6) is 0.686. The Morgan fingerprint density at radius 3 is 2.25 bits per heavy atom. The van der Waals surface area contributed by atoms with Crippen LogP contribution >= 0.6 is 0 Å². The number of phenolic OH excluding ortho intramolecular Hbond substituents is 1. The van der Waals surface area contributed by atoms with Gasteiger partial charge in [-0.3, -0.25) is 19.8 Å². The number of rotatable bonds is 6. The van der Waals surface area contributed by atoms with Gasteiger partial charge in [-0.25, -0.2) is 0 Å². The van der Waals surface area contributed by atoms with Crippen molar-refractivity contribution >= 4 is 17.5 Å². The fourth-order valence-electron chi connectivity index (χ4n) is 6.98. The summed E-state index contributed by atoms with van der Waals surface area (Å²) >= 11 is 0. The van der Waals surface area contributed by atoms with E-state index in [1.54, 1.807) is 12.1 Å². The number of anilines is 1. The molecule has 3 aliphatic rings. The first-order chi connectivity index (χ1) is 21.5. The van der Waals surface area contributed by atoms with Crippen LogP contribution in [0, 0.1) is 0 Å². The van der Waals surface area contributed by atoms with Gasteiger partial charge in [0.1, 0.15) is 11.5 Å². The second-order valence-corrected chi connectivity index (χ2v) is 12.1. The topological polar surface area (TPSA) is 82.1 Å². The molecule has 0 radical (unpaired) electrons. The van der Waals surface area contributed by atoms with Crippen LogP contribution in [0.5, 0.6) is 11.5 Å². The Labute approximate surface area is 258 Å². The monoisotopic (exact) mass is 587 g/mol. The van der Waals surface area contributed by atoms with Crippen molar-refractivity contribution in [2.45, 2.75) is 37.1 Å². The van der Waals surface area contributed by atoms with Gasteiger partial charge in [0.25, 0.3) is 0 Å². The number of benzene rings is 4. The highest BCUT2D eigenvalue weighted by atomic mass is 16.5. The van der Waals surface area contributed by atoms with Crippen molar-refractivity contribution in [1.82, 2.24) is 10.2 Å². The third kappa shape index (κ3) is 5.80. The van der Waals surface area contributed by atoms with Crippen molar-refractivity contribution in [3.63, 3.8) is 0 Å². The smallest absolute Gasteiger partial charge is 0.234 e. The highest BCUT2D eigenvalue weighted by Gasteiger charge is 2.34. The van der Waals surface area contributed by atoms with Crippen LogP contribution in [-0.4, -0.2) is 54.6 Å². The fourth-order valence-corrected chi connectivity index (χ4v) is 6.98. The second-order valence-electron chi connectivity index (χ2n) is 12.1. The van der Waals surface area contributed by atoms with Crippen LogP contribution in [0.2, 0.25) is 0 Å². The van der Waals surface area contributed by atoms with Crippen molar-refractivity contribution in [2.75, 3.05) is 37.7 Å². The molecular weight excluding hydrogens is 550 g/mol. The van der Waals surface area contributed by atoms with Gasteiger partial charge in [-0.1, -0.05) is 72.8 Å². The summed E-state index contributed by atoms with van der Waals surface area (Å²) in [6.45, 7) is 5.31. The number of hydrogen-bond acceptors (Lipinski definition) is 6. The van der Waals surface area contributed by atoms with Gasteiger partial charge in [0.2, 0.25) is 11.8 Å². The number of phenols is 1. The first kappa shape index (κ1) is 28.2. The molecule has 0 spiro atoms. The van der Waals surface area contributed by atoms with E-state index in [1.165, 1.54) is 22.4 Å². The molecule has 3 atom stereocenters. The number of nitrogens with one attached hydrogen (secondary N) is 1. The molecule has 2 amide bonds. The number of ether oxygens (including phenoxy) is 1. The van der Waals surface area contributed by atoms with Gasteiger partial charge in [-0.2, -0.15) is 0 Å². The number of amides is 2. The summed E-state index contributed by atoms with van der Waals surface area (Å²) in [6, 6.07) is 33.3. The molecule has 4 aromatic rings. The Kier molecular flexibility index (Phi) is 7.79. The molecule has 0 aliphatic carbocycles. The zero-order valence-electron chi connectivity index (χ0n) is 24.7. The lowest BCUT2D eigenvalue weighted by atomic mass is 9.76. The van der Waals surface area contributed by atoms with E-state index in [0.29, 0.717) is 19.4 Å². The normalized spacial score (nSPS) is 22.2. The van der Waals surface area contributed by atoms with E-state index >= 15 is 0 Å². The molecule has 44 heavy (non-hydrogen) atoms. The van der Waals surface area contributed by atoms with Crippen LogP contribution in [-0.2, 0) is 16.1 Å². The van der Waals surface area contributed by atoms with E-state index in [-0.39, 0.29) is 35.3 Å². The van der Waals surface area contributed by atoms with Crippen LogP contribution in [0.25, 0.3) is 0 Å². The summed E-state index contributed by atoms with van der Waals surface area (Å²) in [4.78, 5) is 28.6. The zero-order valence-corrected chi connectivity index (χ0v) is 24.7. The lowest BCUT2D eigenvalue weighted by Gasteiger charge is -2.37. The summed E-state index contributed by atoms with van der Waals surface area (Å²) < 4.78 is 6.14. The molecule has 0 aromatic heterocycles. The SMILES string of the molecule is O=C1CCC(c2ccc(CN3CCN(c4ccc([C@H]5c6ccc(O)cc6OC[C@H]5c5ccccc5)cc4)CC3)cc2)C(=O)N1. The third-order valence-electron chi connectivity index (χ3n) is 9.40. The van der Waals surface area contributed by atoms with Gasteiger partial charge in [0.05, 0.1) is 12.5 Å². The van der Waals surface area contributed by atoms with E-state index in [1.807, 2.05) is 24.3 Å². The summed E-state index contributed by atoms with van der Waals surface area (Å²) in [5, 5.41) is 12.5. The zero-order chi connectivity index (χ0) is 30.0. The van der Waals surface area contributed by atoms with Crippen molar-refractivity contribution in [1.29, 1.82) is 0 Å². The molecule has 4 aromatic carbocycles. The maximum absolute atomic E-state index is 12.2. The number of hydrogen-bond donors (Lipinski definition) is 2. The number of imide groups is 1. The number of aromatic hydroxyl groups is 1. The number of piperazine rings is 1. The Hall–Kier alpha value is -4.62. The average molecular weight is 588 g/mol. The van der Waals surface area contributed by atoms with E-state index in [9.17, 15) is 14.7 Å². The molecule has 224 valence electrons. The summed E-state index contributed by atoms with van der Waals surface area (Å²) in [5.41, 5.74) is 7.05. The summed E-state index contributed by atoms with van der Waals surface area (Å²) in [7, 11) is 0. The molecule has 7 rings (SSSR count). The Bertz CT molecular complexity index is 1630. The second kappa shape index (κ2) is 12.2. The van der Waals surface area contributed by atoms with E-state index < -0.39 is 0 Å². The van der Waals surface area contributed by atoms with E-state index in [0.717, 1.165) is 49.6 Å². The lowest BCUT2D eigenvalue weighted by molar-refractivity contribution is -0.134. The number of nitrogens with zero attached hydrogens (tertiary/aromatic N) is 2. The maximum atomic E-state index is 12.2. The molecule has 0 bridgehead atoms. The fraction of sp³-hybridized carbons (Fsp3) is 0.297. The maximum Gasteiger partial charge on any atom is 0.234 e. The molecule has 3 heterocycles. The average Bonchev–Trinajstić information content (AvgIpc) is 3.05. The molecule has 2 saturated heterocycles. The van der Waals surface area contributed by atoms with Crippen LogP contribution in [0.3, 0.4) is 0 Å². The highest BCUT2D eigenvalue weighted by Crippen LogP contribution is 2.47. The van der Waals surface area contributed by atoms with Crippen LogP contribution < -0.4 is 15.0 Å². The van der Waals surface area contributed by atoms with Crippen LogP contribution in [0.15, 0.2) is 97.1 Å². The largest absolute Gasteiger partial charge is 0.508 e. The molecule has 7 nitrogen and oxygen atoms in total. The predicted molar refractivity (Wildman–Crippen MR) is 170 cm³/mol. The van der Waals surface area contributed by atoms with Gasteiger partial charge in [0.15, 0.2) is 0 Å². The van der Waals surface area contributed by atoms with Crippen molar-refractivity contribution in [3.05, 3.63) is 125 Å². The van der Waals surface area contributed by atoms with E-state index in [2.05, 4.69) is 75.8 Å². The first-order valence-corrected chi connectivity index (χ1v) is 15.5. The number of fused-ring (bicyclic) bond motifs is 1. The van der Waals surface area contributed by atoms with Gasteiger partial charge in [0, 0.05) is 68.3 Å². The molecule has 2 fully saturated rings. The van der Waals surface area contributed by atoms with Gasteiger partial charge in [-0.15, -0.1) is 0 Å². The third-order valence-corrected chi connectivity index (χ3v) is 9.40. The minimum Gasteiger partial charge on any atom is -0.508 e. The number of piperidine rings is 1.